The van der Waals surface area contributed by atoms with E-state index in [1.807, 2.05) is 38.1 Å². The van der Waals surface area contributed by atoms with E-state index in [0.29, 0.717) is 23.2 Å². The Morgan fingerprint density at radius 2 is 1.55 bits per heavy atom. The molecule has 2 amide bonds. The normalized spacial score (nSPS) is 11.1. The SMILES string of the molecule is Cc1ccc(S(=O)(=O)[N-]C(=O)NCCc2ccc(-n3nc(C)c(-c4cc(F)cc(F)c4)c3C)cc2)cc1.[Na+]. The summed E-state index contributed by atoms with van der Waals surface area (Å²) in [7, 11) is -4.08. The van der Waals surface area contributed by atoms with Crippen molar-refractivity contribution < 1.29 is 51.6 Å². The van der Waals surface area contributed by atoms with E-state index in [9.17, 15) is 22.0 Å². The van der Waals surface area contributed by atoms with E-state index in [0.717, 1.165) is 28.6 Å². The number of rotatable bonds is 7. The van der Waals surface area contributed by atoms with E-state index < -0.39 is 27.7 Å². The minimum Gasteiger partial charge on any atom is -0.448 e. The van der Waals surface area contributed by atoms with Gasteiger partial charge in [-0.15, -0.1) is 0 Å². The molecular formula is C27H25F2N4NaO3S. The molecule has 3 aromatic carbocycles. The topological polar surface area (TPSA) is 95.2 Å². The Bertz CT molecular complexity index is 1530. The molecule has 0 atom stereocenters. The number of carbonyl (C=O) groups excluding carboxylic acids is 1. The van der Waals surface area contributed by atoms with Crippen LogP contribution < -0.4 is 34.9 Å². The van der Waals surface area contributed by atoms with Gasteiger partial charge in [-0.1, -0.05) is 29.8 Å². The zero-order valence-electron chi connectivity index (χ0n) is 21.5. The first-order valence-corrected chi connectivity index (χ1v) is 12.9. The van der Waals surface area contributed by atoms with Crippen LogP contribution in [0.2, 0.25) is 0 Å². The summed E-state index contributed by atoms with van der Waals surface area (Å²) in [5, 5.41) is 7.04. The number of nitrogens with zero attached hydrogens (tertiary/aromatic N) is 3. The van der Waals surface area contributed by atoms with Crippen LogP contribution >= 0.6 is 0 Å². The molecule has 0 radical (unpaired) electrons. The molecule has 0 saturated carbocycles. The van der Waals surface area contributed by atoms with Crippen LogP contribution in [0.1, 0.15) is 22.5 Å². The first-order valence-electron chi connectivity index (χ1n) is 11.5. The van der Waals surface area contributed by atoms with Gasteiger partial charge in [0.2, 0.25) is 10.0 Å². The van der Waals surface area contributed by atoms with Gasteiger partial charge in [0.15, 0.2) is 6.03 Å². The van der Waals surface area contributed by atoms with Gasteiger partial charge in [-0.3, -0.25) is 4.79 Å². The number of amides is 2. The van der Waals surface area contributed by atoms with Gasteiger partial charge in [0.25, 0.3) is 0 Å². The summed E-state index contributed by atoms with van der Waals surface area (Å²) in [5.41, 5.74) is 5.01. The molecule has 1 N–H and O–H groups in total. The first kappa shape index (κ1) is 29.5. The van der Waals surface area contributed by atoms with Crippen molar-refractivity contribution in [3.05, 3.63) is 106 Å². The van der Waals surface area contributed by atoms with E-state index in [-0.39, 0.29) is 41.0 Å². The first-order chi connectivity index (χ1) is 17.5. The van der Waals surface area contributed by atoms with E-state index >= 15 is 0 Å². The molecule has 0 unspecified atom stereocenters. The number of nitrogens with one attached hydrogen (secondary N) is 1. The average Bonchev–Trinajstić information content (AvgIpc) is 3.12. The van der Waals surface area contributed by atoms with Crippen molar-refractivity contribution in [2.24, 2.45) is 0 Å². The van der Waals surface area contributed by atoms with Crippen LogP contribution in [0, 0.1) is 32.4 Å². The number of hydrogen-bond donors (Lipinski definition) is 1. The summed E-state index contributed by atoms with van der Waals surface area (Å²) in [6.45, 7) is 5.63. The molecule has 0 aliphatic heterocycles. The third kappa shape index (κ3) is 6.87. The van der Waals surface area contributed by atoms with E-state index in [1.165, 1.54) is 24.3 Å². The van der Waals surface area contributed by atoms with Crippen LogP contribution in [0.3, 0.4) is 0 Å². The smallest absolute Gasteiger partial charge is 0.448 e. The number of urea groups is 1. The number of sulfonamides is 1. The van der Waals surface area contributed by atoms with Crippen molar-refractivity contribution in [1.82, 2.24) is 15.1 Å². The fourth-order valence-electron chi connectivity index (χ4n) is 4.03. The molecule has 4 aromatic rings. The van der Waals surface area contributed by atoms with Crippen LogP contribution in [-0.4, -0.2) is 30.8 Å². The van der Waals surface area contributed by atoms with Crippen LogP contribution in [-0.2, 0) is 16.4 Å². The molecule has 0 saturated heterocycles. The maximum absolute atomic E-state index is 13.7. The van der Waals surface area contributed by atoms with Crippen molar-refractivity contribution in [2.75, 3.05) is 6.54 Å². The fourth-order valence-corrected chi connectivity index (χ4v) is 4.90. The predicted octanol–water partition coefficient (Wildman–Crippen LogP) is 2.76. The van der Waals surface area contributed by atoms with Gasteiger partial charge < -0.3 is 10.0 Å². The van der Waals surface area contributed by atoms with Gasteiger partial charge in [0, 0.05) is 17.3 Å². The maximum Gasteiger partial charge on any atom is 1.00 e. The van der Waals surface area contributed by atoms with Gasteiger partial charge in [-0.05, 0) is 81.3 Å². The zero-order chi connectivity index (χ0) is 26.7. The number of halogens is 2. The Morgan fingerprint density at radius 3 is 2.16 bits per heavy atom. The quantitative estimate of drug-likeness (QED) is 0.361. The second-order valence-electron chi connectivity index (χ2n) is 8.64. The maximum atomic E-state index is 13.7. The Morgan fingerprint density at radius 1 is 0.947 bits per heavy atom. The van der Waals surface area contributed by atoms with E-state index in [2.05, 4.69) is 15.1 Å². The molecule has 0 aliphatic rings. The van der Waals surface area contributed by atoms with E-state index in [4.69, 9.17) is 0 Å². The fraction of sp³-hybridized carbons (Fsp3) is 0.185. The number of aromatic nitrogens is 2. The standard InChI is InChI=1S/C27H26F2N4O3S.Na/c1-17-4-10-25(11-5-17)37(35,36)32-27(34)30-13-12-20-6-8-24(9-7-20)33-19(3)26(18(2)31-33)21-14-22(28)16-23(29)15-21;/h4-11,14-16H,12-13H2,1-3H3,(H2,30,32,34);/q;+1/p-1. The molecule has 38 heavy (non-hydrogen) atoms. The van der Waals surface area contributed by atoms with Crippen molar-refractivity contribution in [1.29, 1.82) is 0 Å². The Hall–Kier alpha value is -3.05. The average molecular weight is 547 g/mol. The predicted molar refractivity (Wildman–Crippen MR) is 137 cm³/mol. The summed E-state index contributed by atoms with van der Waals surface area (Å²) in [6, 6.07) is 16.0. The minimum atomic E-state index is -4.08. The van der Waals surface area contributed by atoms with Crippen LogP contribution in [0.25, 0.3) is 21.5 Å². The molecular weight excluding hydrogens is 521 g/mol. The Labute approximate surface area is 242 Å². The number of aryl methyl sites for hydroxylation is 2. The largest absolute Gasteiger partial charge is 1.00 e. The third-order valence-electron chi connectivity index (χ3n) is 5.84. The van der Waals surface area contributed by atoms with Crippen LogP contribution in [0.15, 0.2) is 71.6 Å². The molecule has 1 heterocycles. The third-order valence-corrected chi connectivity index (χ3v) is 7.11. The molecule has 0 spiro atoms. The van der Waals surface area contributed by atoms with Crippen molar-refractivity contribution in [3.63, 3.8) is 0 Å². The number of hydrogen-bond acceptors (Lipinski definition) is 4. The molecule has 192 valence electrons. The molecule has 7 nitrogen and oxygen atoms in total. The number of benzene rings is 3. The molecule has 0 fully saturated rings. The summed E-state index contributed by atoms with van der Waals surface area (Å²) in [5.74, 6) is -1.31. The Balaban J connectivity index is 0.00000400. The van der Waals surface area contributed by atoms with Gasteiger partial charge in [-0.25, -0.2) is 21.9 Å². The monoisotopic (exact) mass is 546 g/mol. The summed E-state index contributed by atoms with van der Waals surface area (Å²) >= 11 is 0. The zero-order valence-corrected chi connectivity index (χ0v) is 24.3. The van der Waals surface area contributed by atoms with Crippen molar-refractivity contribution in [3.8, 4) is 16.8 Å². The summed E-state index contributed by atoms with van der Waals surface area (Å²) in [4.78, 5) is 12.0. The molecule has 0 bridgehead atoms. The van der Waals surface area contributed by atoms with Gasteiger partial charge in [-0.2, -0.15) is 5.10 Å². The summed E-state index contributed by atoms with van der Waals surface area (Å²) in [6.07, 6.45) is 0.455. The van der Waals surface area contributed by atoms with Crippen molar-refractivity contribution >= 4 is 16.1 Å². The second-order valence-corrected chi connectivity index (χ2v) is 10.2. The molecule has 4 rings (SSSR count). The second kappa shape index (κ2) is 12.2. The minimum absolute atomic E-state index is 0. The van der Waals surface area contributed by atoms with E-state index in [1.54, 1.807) is 23.7 Å². The molecule has 0 aliphatic carbocycles. The summed E-state index contributed by atoms with van der Waals surface area (Å²) < 4.78 is 57.0. The molecule has 1 aromatic heterocycles. The van der Waals surface area contributed by atoms with Crippen LogP contribution in [0.5, 0.6) is 0 Å². The van der Waals surface area contributed by atoms with Crippen molar-refractivity contribution in [2.45, 2.75) is 32.1 Å². The van der Waals surface area contributed by atoms with Gasteiger partial charge in [0.1, 0.15) is 11.6 Å². The molecule has 11 heteroatoms. The Kier molecular flexibility index (Phi) is 9.48. The van der Waals surface area contributed by atoms with Crippen LogP contribution in [0.4, 0.5) is 13.6 Å². The van der Waals surface area contributed by atoms with Gasteiger partial charge in [0.05, 0.1) is 16.3 Å². The van der Waals surface area contributed by atoms with Gasteiger partial charge >= 0.3 is 29.6 Å². The number of carbonyl (C=O) groups is 1.